The third kappa shape index (κ3) is 8.05. The van der Waals surface area contributed by atoms with Crippen molar-refractivity contribution in [3.05, 3.63) is 23.8 Å². The lowest BCUT2D eigenvalue weighted by molar-refractivity contribution is 0.276. The molecule has 2 aliphatic heterocycles. The van der Waals surface area contributed by atoms with Gasteiger partial charge in [-0.15, -0.1) is 0 Å². The maximum atomic E-state index is 9.70. The molecule has 23 heteroatoms. The summed E-state index contributed by atoms with van der Waals surface area (Å²) < 4.78 is 12.1. The van der Waals surface area contributed by atoms with Gasteiger partial charge >= 0.3 is 0 Å². The van der Waals surface area contributed by atoms with Crippen LogP contribution < -0.4 is 9.47 Å². The van der Waals surface area contributed by atoms with Gasteiger partial charge in [0.05, 0.1) is 33.0 Å². The zero-order valence-corrected chi connectivity index (χ0v) is 20.7. The molecule has 2 aliphatic rings. The Morgan fingerprint density at radius 3 is 1.36 bits per heavy atom. The van der Waals surface area contributed by atoms with Gasteiger partial charge in [0.15, 0.2) is 0 Å². The highest BCUT2D eigenvalue weighted by Gasteiger charge is 2.51. The van der Waals surface area contributed by atoms with E-state index in [0.717, 1.165) is 12.6 Å². The molecule has 0 amide bonds. The van der Waals surface area contributed by atoms with Crippen molar-refractivity contribution in [1.29, 1.82) is 0 Å². The van der Waals surface area contributed by atoms with E-state index in [0.29, 0.717) is 30.3 Å². The Morgan fingerprint density at radius 2 is 1.06 bits per heavy atom. The Hall–Kier alpha value is 0.0787. The van der Waals surface area contributed by atoms with Gasteiger partial charge in [-0.25, -0.2) is 0 Å². The van der Waals surface area contributed by atoms with Crippen molar-refractivity contribution in [2.45, 2.75) is 30.9 Å². The summed E-state index contributed by atoms with van der Waals surface area (Å²) in [4.78, 5) is 0. The van der Waals surface area contributed by atoms with Crippen LogP contribution in [-0.4, -0.2) is 160 Å². The highest BCUT2D eigenvalue weighted by atomic mass is 16.5. The summed E-state index contributed by atoms with van der Waals surface area (Å²) in [6, 6.07) is 5.36. The molecule has 2 heterocycles. The third-order valence-electron chi connectivity index (χ3n) is 7.66. The molecule has 1 N–H and O–H groups in total. The molecule has 0 aromatic heterocycles. The molecule has 36 heavy (non-hydrogen) atoms. The third-order valence-corrected chi connectivity index (χ3v) is 7.66. The fraction of sp³-hybridized carbons (Fsp3) is 0.538. The zero-order valence-electron chi connectivity index (χ0n) is 20.7. The van der Waals surface area contributed by atoms with Gasteiger partial charge in [0.25, 0.3) is 0 Å². The molecule has 1 aromatic rings. The lowest BCUT2D eigenvalue weighted by Gasteiger charge is -2.25. The largest absolute Gasteiger partial charge is 0.494 e. The number of hydrogen-bond acceptors (Lipinski definition) is 3. The first-order valence-corrected chi connectivity index (χ1v) is 12.5. The SMILES string of the molecule is [B]B([B])B([B])B(B([B])[B])B1CC1COc1cc(CO)cc(OCC2CB2B(B([B])[B])B([B])B([B])[B])c1. The van der Waals surface area contributed by atoms with Crippen molar-refractivity contribution in [2.75, 3.05) is 13.2 Å². The predicted octanol–water partition coefficient (Wildman–Crippen LogP) is -5.07. The van der Waals surface area contributed by atoms with E-state index in [-0.39, 0.29) is 44.2 Å². The van der Waals surface area contributed by atoms with Crippen LogP contribution in [0.1, 0.15) is 5.56 Å². The van der Waals surface area contributed by atoms with Gasteiger partial charge < -0.3 is 14.6 Å². The van der Waals surface area contributed by atoms with Crippen molar-refractivity contribution in [2.24, 2.45) is 0 Å². The Morgan fingerprint density at radius 1 is 0.667 bits per heavy atom. The molecule has 0 saturated carbocycles. The second-order valence-corrected chi connectivity index (χ2v) is 10.5. The minimum absolute atomic E-state index is 0.146. The summed E-state index contributed by atoms with van der Waals surface area (Å²) >= 11 is 0. The number of aliphatic hydroxyl groups excluding tert-OH is 1. The number of hydrogen-bond donors (Lipinski definition) is 1. The number of aliphatic hydroxyl groups is 1. The van der Waals surface area contributed by atoms with Crippen LogP contribution in [0.2, 0.25) is 24.3 Å². The quantitative estimate of drug-likeness (QED) is 0.280. The van der Waals surface area contributed by atoms with E-state index in [1.165, 1.54) is 0 Å². The predicted molar refractivity (Wildman–Crippen MR) is 176 cm³/mol. The minimum Gasteiger partial charge on any atom is -0.494 e. The summed E-state index contributed by atoms with van der Waals surface area (Å²) in [7, 11) is 59.1. The van der Waals surface area contributed by atoms with Gasteiger partial charge in [0, 0.05) is 135 Å². The summed E-state index contributed by atoms with van der Waals surface area (Å²) in [5.74, 6) is 1.67. The van der Waals surface area contributed by atoms with Crippen LogP contribution in [0.4, 0.5) is 0 Å². The Kier molecular flexibility index (Phi) is 11.4. The average molecular weight is 437 g/mol. The molecule has 20 radical (unpaired) electrons. The summed E-state index contributed by atoms with van der Waals surface area (Å²) in [5, 5.41) is 9.70. The van der Waals surface area contributed by atoms with Crippen molar-refractivity contribution < 1.29 is 14.6 Å². The van der Waals surface area contributed by atoms with Gasteiger partial charge in [-0.3, -0.25) is 0 Å². The Labute approximate surface area is 234 Å². The van der Waals surface area contributed by atoms with E-state index < -0.39 is 38.3 Å². The summed E-state index contributed by atoms with van der Waals surface area (Å²) in [6.45, 7) is 1.13. The molecule has 3 nitrogen and oxygen atoms in total. The lowest BCUT2D eigenvalue weighted by Crippen LogP contribution is -2.63. The van der Waals surface area contributed by atoms with Crippen molar-refractivity contribution in [3.63, 3.8) is 0 Å². The van der Waals surface area contributed by atoms with Crippen LogP contribution in [-0.2, 0) is 6.61 Å². The Balaban J connectivity index is 1.55. The van der Waals surface area contributed by atoms with E-state index in [2.05, 4.69) is 0 Å². The van der Waals surface area contributed by atoms with Crippen LogP contribution in [0.3, 0.4) is 0 Å². The normalized spacial score (nSPS) is 17.6. The standard InChI is InChI=1S/C13H16B20O3/c14-26(15)30(22)32(28(18)19)24-4-10(24)7-35-12-1-9(6-34)2-13(3-12)36-8-11-5-25(11)33(29(20)21)31(23)27(16)17/h1-3,10-11,34H,4-8H2. The van der Waals surface area contributed by atoms with Crippen LogP contribution in [0.5, 0.6) is 11.5 Å². The van der Waals surface area contributed by atoms with Gasteiger partial charge in [-0.2, -0.15) is 0 Å². The first kappa shape index (κ1) is 30.6. The second-order valence-electron chi connectivity index (χ2n) is 10.5. The molecular formula is C13H16B20O3. The molecule has 3 rings (SSSR count). The first-order chi connectivity index (χ1) is 16.9. The summed E-state index contributed by atoms with van der Waals surface area (Å²) in [6.07, 6.45) is -2.24. The second kappa shape index (κ2) is 13.4. The molecule has 2 saturated heterocycles. The smallest absolute Gasteiger partial charge is 0.123 e. The van der Waals surface area contributed by atoms with Gasteiger partial charge in [0.1, 0.15) is 11.5 Å². The van der Waals surface area contributed by atoms with Gasteiger partial charge in [0.2, 0.25) is 0 Å². The minimum atomic E-state index is -0.697. The molecule has 0 aliphatic carbocycles. The zero-order chi connectivity index (χ0) is 26.7. The van der Waals surface area contributed by atoms with Crippen molar-refractivity contribution in [3.8, 4) is 11.5 Å². The van der Waals surface area contributed by atoms with E-state index in [9.17, 15) is 5.11 Å². The average Bonchev–Trinajstić information content (AvgIpc) is 3.73. The maximum Gasteiger partial charge on any atom is 0.123 e. The molecular weight excluding hydrogens is 420 g/mol. The topological polar surface area (TPSA) is 38.7 Å². The van der Waals surface area contributed by atoms with E-state index in [4.69, 9.17) is 86.8 Å². The number of benzene rings is 1. The lowest BCUT2D eigenvalue weighted by atomic mass is 8.57. The van der Waals surface area contributed by atoms with Gasteiger partial charge in [-0.05, 0) is 29.3 Å². The molecule has 2 fully saturated rings. The monoisotopic (exact) mass is 440 g/mol. The van der Waals surface area contributed by atoms with Crippen LogP contribution >= 0.6 is 0 Å². The highest BCUT2D eigenvalue weighted by molar-refractivity contribution is 8.01. The number of rotatable bonds is 15. The van der Waals surface area contributed by atoms with E-state index in [1.54, 1.807) is 18.2 Å². The first-order valence-electron chi connectivity index (χ1n) is 12.5. The van der Waals surface area contributed by atoms with Crippen LogP contribution in [0.15, 0.2) is 18.2 Å². The van der Waals surface area contributed by atoms with Crippen LogP contribution in [0, 0.1) is 0 Å². The van der Waals surface area contributed by atoms with E-state index >= 15 is 0 Å². The molecule has 146 valence electrons. The van der Waals surface area contributed by atoms with Crippen LogP contribution in [0.25, 0.3) is 0 Å². The molecule has 0 bridgehead atoms. The summed E-state index contributed by atoms with van der Waals surface area (Å²) in [5.41, 5.74) is 0.679. The number of ether oxygens (including phenoxy) is 2. The Bertz CT molecular complexity index is 783. The maximum absolute atomic E-state index is 9.70. The fourth-order valence-corrected chi connectivity index (χ4v) is 5.33. The van der Waals surface area contributed by atoms with E-state index in [1.807, 2.05) is 0 Å². The van der Waals surface area contributed by atoms with Crippen molar-refractivity contribution >= 4 is 142 Å². The molecule has 0 spiro atoms. The van der Waals surface area contributed by atoms with Crippen molar-refractivity contribution in [1.82, 2.24) is 0 Å². The fourth-order valence-electron chi connectivity index (χ4n) is 5.33. The van der Waals surface area contributed by atoms with Gasteiger partial charge in [-0.1, -0.05) is 12.6 Å². The molecule has 1 aromatic carbocycles. The molecule has 2 atom stereocenters. The molecule has 2 unspecified atom stereocenters. The highest BCUT2D eigenvalue weighted by Crippen LogP contribution is 2.41.